The van der Waals surface area contributed by atoms with Gasteiger partial charge in [-0.1, -0.05) is 24.3 Å². The number of benzene rings is 2. The van der Waals surface area contributed by atoms with Gasteiger partial charge in [-0.05, 0) is 54.7 Å². The first-order chi connectivity index (χ1) is 9.65. The topological polar surface area (TPSA) is 29.5 Å². The summed E-state index contributed by atoms with van der Waals surface area (Å²) in [5, 5.41) is 10.4. The SMILES string of the molecule is Cc1cc(F)ccc1OC1CCc2ccccc2C1O. The summed E-state index contributed by atoms with van der Waals surface area (Å²) in [6, 6.07) is 12.3. The lowest BCUT2D eigenvalue weighted by Gasteiger charge is -2.30. The van der Waals surface area contributed by atoms with E-state index in [0.29, 0.717) is 5.75 Å². The fourth-order valence-electron chi connectivity index (χ4n) is 2.74. The summed E-state index contributed by atoms with van der Waals surface area (Å²) in [7, 11) is 0. The first-order valence-electron chi connectivity index (χ1n) is 6.84. The molecule has 1 aliphatic carbocycles. The summed E-state index contributed by atoms with van der Waals surface area (Å²) in [5.41, 5.74) is 2.86. The van der Waals surface area contributed by atoms with Crippen LogP contribution in [0, 0.1) is 12.7 Å². The second-order valence-corrected chi connectivity index (χ2v) is 5.25. The summed E-state index contributed by atoms with van der Waals surface area (Å²) in [6.45, 7) is 1.81. The van der Waals surface area contributed by atoms with Gasteiger partial charge in [0.25, 0.3) is 0 Å². The first kappa shape index (κ1) is 13.1. The van der Waals surface area contributed by atoms with E-state index in [0.717, 1.165) is 24.0 Å². The van der Waals surface area contributed by atoms with Crippen LogP contribution in [0.5, 0.6) is 5.75 Å². The highest BCUT2D eigenvalue weighted by atomic mass is 19.1. The van der Waals surface area contributed by atoms with Gasteiger partial charge in [0.1, 0.15) is 23.8 Å². The van der Waals surface area contributed by atoms with Crippen molar-refractivity contribution in [2.24, 2.45) is 0 Å². The van der Waals surface area contributed by atoms with E-state index in [-0.39, 0.29) is 11.9 Å². The average molecular weight is 272 g/mol. The Kier molecular flexibility index (Phi) is 3.45. The molecule has 0 fully saturated rings. The van der Waals surface area contributed by atoms with Crippen LogP contribution in [0.4, 0.5) is 4.39 Å². The van der Waals surface area contributed by atoms with Crippen LogP contribution < -0.4 is 4.74 Å². The molecule has 0 amide bonds. The molecule has 0 aromatic heterocycles. The third-order valence-electron chi connectivity index (χ3n) is 3.84. The normalized spacial score (nSPS) is 21.4. The zero-order valence-corrected chi connectivity index (χ0v) is 11.3. The number of ether oxygens (including phenoxy) is 1. The van der Waals surface area contributed by atoms with Crippen LogP contribution in [-0.2, 0) is 6.42 Å². The van der Waals surface area contributed by atoms with Crippen LogP contribution in [0.15, 0.2) is 42.5 Å². The molecule has 0 saturated heterocycles. The lowest BCUT2D eigenvalue weighted by atomic mass is 9.87. The van der Waals surface area contributed by atoms with Gasteiger partial charge in [0.2, 0.25) is 0 Å². The van der Waals surface area contributed by atoms with Crippen LogP contribution in [0.25, 0.3) is 0 Å². The van der Waals surface area contributed by atoms with E-state index in [2.05, 4.69) is 0 Å². The molecule has 104 valence electrons. The lowest BCUT2D eigenvalue weighted by molar-refractivity contribution is 0.0226. The number of rotatable bonds is 2. The summed E-state index contributed by atoms with van der Waals surface area (Å²) < 4.78 is 19.0. The molecule has 1 aliphatic rings. The number of halogens is 1. The van der Waals surface area contributed by atoms with Gasteiger partial charge in [-0.15, -0.1) is 0 Å². The minimum absolute atomic E-state index is 0.274. The molecule has 20 heavy (non-hydrogen) atoms. The summed E-state index contributed by atoms with van der Waals surface area (Å²) in [4.78, 5) is 0. The molecule has 3 heteroatoms. The summed E-state index contributed by atoms with van der Waals surface area (Å²) in [6.07, 6.45) is 0.728. The third-order valence-corrected chi connectivity index (χ3v) is 3.84. The monoisotopic (exact) mass is 272 g/mol. The molecule has 2 unspecified atom stereocenters. The zero-order valence-electron chi connectivity index (χ0n) is 11.3. The highest BCUT2D eigenvalue weighted by Crippen LogP contribution is 2.33. The maximum atomic E-state index is 13.1. The highest BCUT2D eigenvalue weighted by molar-refractivity contribution is 5.35. The molecule has 1 N–H and O–H groups in total. The molecule has 2 aromatic carbocycles. The van der Waals surface area contributed by atoms with Gasteiger partial charge in [0, 0.05) is 0 Å². The van der Waals surface area contributed by atoms with Crippen molar-refractivity contribution in [2.45, 2.75) is 32.0 Å². The molecule has 0 radical (unpaired) electrons. The molecule has 2 aromatic rings. The van der Waals surface area contributed by atoms with E-state index >= 15 is 0 Å². The molecule has 0 saturated carbocycles. The first-order valence-corrected chi connectivity index (χ1v) is 6.84. The zero-order chi connectivity index (χ0) is 14.1. The third kappa shape index (κ3) is 2.41. The number of aliphatic hydroxyl groups excluding tert-OH is 1. The Labute approximate surface area is 117 Å². The van der Waals surface area contributed by atoms with E-state index in [1.165, 1.54) is 17.7 Å². The quantitative estimate of drug-likeness (QED) is 0.905. The Hall–Kier alpha value is -1.87. The van der Waals surface area contributed by atoms with Gasteiger partial charge in [0.05, 0.1) is 0 Å². The highest BCUT2D eigenvalue weighted by Gasteiger charge is 2.29. The second-order valence-electron chi connectivity index (χ2n) is 5.25. The summed E-state index contributed by atoms with van der Waals surface area (Å²) >= 11 is 0. The van der Waals surface area contributed by atoms with Crippen molar-refractivity contribution in [3.63, 3.8) is 0 Å². The standard InChI is InChI=1S/C17H17FO2/c1-11-10-13(18)7-9-15(11)20-16-8-6-12-4-2-3-5-14(12)17(16)19/h2-5,7,9-10,16-17,19H,6,8H2,1H3. The number of fused-ring (bicyclic) bond motifs is 1. The molecule has 0 bridgehead atoms. The van der Waals surface area contributed by atoms with Crippen molar-refractivity contribution in [2.75, 3.05) is 0 Å². The van der Waals surface area contributed by atoms with E-state index in [1.54, 1.807) is 6.07 Å². The van der Waals surface area contributed by atoms with Crippen molar-refractivity contribution in [3.8, 4) is 5.75 Å². The Bertz CT molecular complexity index is 624. The van der Waals surface area contributed by atoms with Crippen molar-refractivity contribution in [1.29, 1.82) is 0 Å². The van der Waals surface area contributed by atoms with E-state index in [4.69, 9.17) is 4.74 Å². The fourth-order valence-corrected chi connectivity index (χ4v) is 2.74. The maximum absolute atomic E-state index is 13.1. The van der Waals surface area contributed by atoms with Crippen LogP contribution in [0.2, 0.25) is 0 Å². The largest absolute Gasteiger partial charge is 0.487 e. The predicted octanol–water partition coefficient (Wildman–Crippen LogP) is 3.56. The fraction of sp³-hybridized carbons (Fsp3) is 0.294. The van der Waals surface area contributed by atoms with Crippen LogP contribution in [0.1, 0.15) is 29.2 Å². The molecular formula is C17H17FO2. The Morgan fingerprint density at radius 3 is 2.80 bits per heavy atom. The molecule has 3 rings (SSSR count). The van der Waals surface area contributed by atoms with Crippen LogP contribution in [-0.4, -0.2) is 11.2 Å². The Balaban J connectivity index is 1.83. The molecule has 0 heterocycles. The molecule has 0 aliphatic heterocycles. The van der Waals surface area contributed by atoms with Crippen molar-refractivity contribution >= 4 is 0 Å². The van der Waals surface area contributed by atoms with Gasteiger partial charge in [-0.2, -0.15) is 0 Å². The minimum atomic E-state index is -0.635. The average Bonchev–Trinajstić information content (AvgIpc) is 2.45. The van der Waals surface area contributed by atoms with E-state index in [1.807, 2.05) is 31.2 Å². The summed E-state index contributed by atoms with van der Waals surface area (Å²) in [5.74, 6) is 0.360. The Morgan fingerprint density at radius 2 is 2.00 bits per heavy atom. The van der Waals surface area contributed by atoms with Crippen molar-refractivity contribution in [1.82, 2.24) is 0 Å². The van der Waals surface area contributed by atoms with Gasteiger partial charge in [0.15, 0.2) is 0 Å². The molecule has 2 nitrogen and oxygen atoms in total. The maximum Gasteiger partial charge on any atom is 0.129 e. The molecule has 2 atom stereocenters. The van der Waals surface area contributed by atoms with Gasteiger partial charge in [-0.3, -0.25) is 0 Å². The van der Waals surface area contributed by atoms with E-state index in [9.17, 15) is 9.50 Å². The number of hydrogen-bond acceptors (Lipinski definition) is 2. The number of aliphatic hydroxyl groups is 1. The molecular weight excluding hydrogens is 255 g/mol. The van der Waals surface area contributed by atoms with Gasteiger partial charge >= 0.3 is 0 Å². The number of aryl methyl sites for hydroxylation is 2. The Morgan fingerprint density at radius 1 is 1.20 bits per heavy atom. The van der Waals surface area contributed by atoms with E-state index < -0.39 is 6.10 Å². The van der Waals surface area contributed by atoms with Gasteiger partial charge < -0.3 is 9.84 Å². The van der Waals surface area contributed by atoms with Crippen LogP contribution >= 0.6 is 0 Å². The lowest BCUT2D eigenvalue weighted by Crippen LogP contribution is -2.30. The smallest absolute Gasteiger partial charge is 0.129 e. The number of hydrogen-bond donors (Lipinski definition) is 1. The van der Waals surface area contributed by atoms with Crippen molar-refractivity contribution < 1.29 is 14.2 Å². The van der Waals surface area contributed by atoms with Gasteiger partial charge in [-0.25, -0.2) is 4.39 Å². The predicted molar refractivity (Wildman–Crippen MR) is 75.3 cm³/mol. The minimum Gasteiger partial charge on any atom is -0.487 e. The van der Waals surface area contributed by atoms with Crippen LogP contribution in [0.3, 0.4) is 0 Å². The molecule has 0 spiro atoms. The van der Waals surface area contributed by atoms with Crippen molar-refractivity contribution in [3.05, 3.63) is 65.0 Å². The second kappa shape index (κ2) is 5.25.